The van der Waals surface area contributed by atoms with Gasteiger partial charge in [-0.2, -0.15) is 0 Å². The third kappa shape index (κ3) is 2.42. The van der Waals surface area contributed by atoms with E-state index in [4.69, 9.17) is 4.52 Å². The Kier molecular flexibility index (Phi) is 3.22. The van der Waals surface area contributed by atoms with Gasteiger partial charge in [-0.25, -0.2) is 0 Å². The van der Waals surface area contributed by atoms with Crippen molar-refractivity contribution in [1.82, 2.24) is 15.0 Å². The zero-order valence-electron chi connectivity index (χ0n) is 13.3. The molecule has 1 aromatic carbocycles. The Hall–Kier alpha value is -2.56. The predicted molar refractivity (Wildman–Crippen MR) is 87.3 cm³/mol. The first-order valence-corrected chi connectivity index (χ1v) is 7.88. The Morgan fingerprint density at radius 1 is 1.39 bits per heavy atom. The second-order valence-electron chi connectivity index (χ2n) is 6.35. The molecule has 2 aromatic heterocycles. The molecular formula is C18H19N3O2. The number of likely N-dealkylation sites (tertiary alicyclic amines) is 1. The molecule has 0 unspecified atom stereocenters. The number of fused-ring (bicyclic) bond motifs is 1. The molecule has 0 spiro atoms. The monoisotopic (exact) mass is 309 g/mol. The highest BCUT2D eigenvalue weighted by Crippen LogP contribution is 2.28. The van der Waals surface area contributed by atoms with Crippen molar-refractivity contribution in [3.05, 3.63) is 53.0 Å². The first-order valence-electron chi connectivity index (χ1n) is 7.88. The Morgan fingerprint density at radius 2 is 2.22 bits per heavy atom. The third-order valence-electron chi connectivity index (χ3n) is 4.65. The van der Waals surface area contributed by atoms with E-state index in [0.717, 1.165) is 41.0 Å². The fourth-order valence-electron chi connectivity index (χ4n) is 3.23. The first-order chi connectivity index (χ1) is 11.1. The number of benzene rings is 1. The molecule has 1 N–H and O–H groups in total. The molecule has 1 aliphatic rings. The van der Waals surface area contributed by atoms with Gasteiger partial charge in [-0.3, -0.25) is 4.79 Å². The van der Waals surface area contributed by atoms with Crippen molar-refractivity contribution in [2.24, 2.45) is 0 Å². The molecular weight excluding hydrogens is 290 g/mol. The molecule has 1 amide bonds. The number of amides is 1. The van der Waals surface area contributed by atoms with Crippen LogP contribution >= 0.6 is 0 Å². The summed E-state index contributed by atoms with van der Waals surface area (Å²) in [5.74, 6) is 1.30. The van der Waals surface area contributed by atoms with Crippen molar-refractivity contribution in [2.45, 2.75) is 26.2 Å². The van der Waals surface area contributed by atoms with Crippen LogP contribution in [0.5, 0.6) is 0 Å². The number of hydrogen-bond donors (Lipinski definition) is 1. The summed E-state index contributed by atoms with van der Waals surface area (Å²) in [5.41, 5.74) is 4.34. The summed E-state index contributed by atoms with van der Waals surface area (Å²) >= 11 is 0. The van der Waals surface area contributed by atoms with E-state index in [9.17, 15) is 4.79 Å². The largest absolute Gasteiger partial charge is 0.361 e. The first kappa shape index (κ1) is 14.1. The Morgan fingerprint density at radius 3 is 2.96 bits per heavy atom. The third-order valence-corrected chi connectivity index (χ3v) is 4.65. The Bertz CT molecular complexity index is 871. The number of H-pyrrole nitrogens is 1. The van der Waals surface area contributed by atoms with E-state index in [2.05, 4.69) is 29.2 Å². The molecule has 3 aromatic rings. The van der Waals surface area contributed by atoms with Gasteiger partial charge in [-0.15, -0.1) is 0 Å². The zero-order valence-corrected chi connectivity index (χ0v) is 13.3. The zero-order chi connectivity index (χ0) is 16.0. The number of aromatic amines is 1. The number of carbonyl (C=O) groups is 1. The van der Waals surface area contributed by atoms with Gasteiger partial charge in [0.1, 0.15) is 5.76 Å². The second kappa shape index (κ2) is 5.26. The number of para-hydroxylation sites is 1. The van der Waals surface area contributed by atoms with Gasteiger partial charge < -0.3 is 14.4 Å². The van der Waals surface area contributed by atoms with E-state index >= 15 is 0 Å². The minimum Gasteiger partial charge on any atom is -0.361 e. The summed E-state index contributed by atoms with van der Waals surface area (Å²) in [7, 11) is 0. The van der Waals surface area contributed by atoms with Crippen molar-refractivity contribution in [3.8, 4) is 0 Å². The molecule has 118 valence electrons. The summed E-state index contributed by atoms with van der Waals surface area (Å²) in [6.07, 6.45) is 2.39. The van der Waals surface area contributed by atoms with E-state index in [-0.39, 0.29) is 5.91 Å². The molecule has 0 radical (unpaired) electrons. The van der Waals surface area contributed by atoms with Crippen LogP contribution in [0.4, 0.5) is 0 Å². The van der Waals surface area contributed by atoms with Crippen molar-refractivity contribution in [1.29, 1.82) is 0 Å². The number of rotatable bonds is 3. The van der Waals surface area contributed by atoms with Gasteiger partial charge in [-0.05, 0) is 25.0 Å². The van der Waals surface area contributed by atoms with Crippen molar-refractivity contribution < 1.29 is 9.32 Å². The van der Waals surface area contributed by atoms with Crippen LogP contribution in [0, 0.1) is 13.8 Å². The number of nitrogens with zero attached hydrogens (tertiary/aromatic N) is 2. The van der Waals surface area contributed by atoms with Crippen LogP contribution in [0.3, 0.4) is 0 Å². The number of hydrogen-bond acceptors (Lipinski definition) is 3. The van der Waals surface area contributed by atoms with Crippen LogP contribution < -0.4 is 0 Å². The quantitative estimate of drug-likeness (QED) is 0.809. The maximum atomic E-state index is 12.5. The smallest absolute Gasteiger partial charge is 0.227 e. The number of aromatic nitrogens is 2. The lowest BCUT2D eigenvalue weighted by Crippen LogP contribution is -2.49. The van der Waals surface area contributed by atoms with Crippen molar-refractivity contribution in [3.63, 3.8) is 0 Å². The van der Waals surface area contributed by atoms with E-state index in [1.165, 1.54) is 5.56 Å². The van der Waals surface area contributed by atoms with Gasteiger partial charge in [0, 0.05) is 42.2 Å². The van der Waals surface area contributed by atoms with Crippen LogP contribution in [0.15, 0.2) is 35.0 Å². The molecule has 1 aliphatic heterocycles. The van der Waals surface area contributed by atoms with E-state index in [1.54, 1.807) is 0 Å². The molecule has 0 aliphatic carbocycles. The molecule has 1 saturated heterocycles. The van der Waals surface area contributed by atoms with E-state index in [0.29, 0.717) is 12.3 Å². The predicted octanol–water partition coefficient (Wildman–Crippen LogP) is 2.94. The SMILES string of the molecule is Cc1cc(C2CN(C(=O)Cc3c[nH]c4c(C)cccc34)C2)no1. The molecule has 0 bridgehead atoms. The molecule has 4 rings (SSSR count). The summed E-state index contributed by atoms with van der Waals surface area (Å²) in [6, 6.07) is 8.13. The van der Waals surface area contributed by atoms with Gasteiger partial charge in [-0.1, -0.05) is 23.4 Å². The van der Waals surface area contributed by atoms with Crippen molar-refractivity contribution in [2.75, 3.05) is 13.1 Å². The topological polar surface area (TPSA) is 62.1 Å². The fourth-order valence-corrected chi connectivity index (χ4v) is 3.23. The van der Waals surface area contributed by atoms with Crippen LogP contribution in [0.25, 0.3) is 10.9 Å². The summed E-state index contributed by atoms with van der Waals surface area (Å²) in [4.78, 5) is 17.6. The van der Waals surface area contributed by atoms with Gasteiger partial charge in [0.2, 0.25) is 5.91 Å². The molecule has 1 fully saturated rings. The normalized spacial score (nSPS) is 15.1. The van der Waals surface area contributed by atoms with Gasteiger partial charge in [0.15, 0.2) is 0 Å². The molecule has 5 nitrogen and oxygen atoms in total. The average molecular weight is 309 g/mol. The van der Waals surface area contributed by atoms with Crippen LogP contribution in [0.1, 0.15) is 28.5 Å². The van der Waals surface area contributed by atoms with Gasteiger partial charge in [0.25, 0.3) is 0 Å². The number of carbonyl (C=O) groups excluding carboxylic acids is 1. The Balaban J connectivity index is 1.44. The van der Waals surface area contributed by atoms with E-state index < -0.39 is 0 Å². The fraction of sp³-hybridized carbons (Fsp3) is 0.333. The lowest BCUT2D eigenvalue weighted by molar-refractivity contribution is -0.134. The molecule has 0 atom stereocenters. The van der Waals surface area contributed by atoms with Crippen molar-refractivity contribution >= 4 is 16.8 Å². The molecule has 5 heteroatoms. The second-order valence-corrected chi connectivity index (χ2v) is 6.35. The molecule has 23 heavy (non-hydrogen) atoms. The van der Waals surface area contributed by atoms with E-state index in [1.807, 2.05) is 30.2 Å². The summed E-state index contributed by atoms with van der Waals surface area (Å²) in [5, 5.41) is 5.18. The Labute approximate surface area is 134 Å². The lowest BCUT2D eigenvalue weighted by Gasteiger charge is -2.38. The number of nitrogens with one attached hydrogen (secondary N) is 1. The molecule has 3 heterocycles. The minimum atomic E-state index is 0.170. The van der Waals surface area contributed by atoms with Gasteiger partial charge >= 0.3 is 0 Å². The summed E-state index contributed by atoms with van der Waals surface area (Å²) < 4.78 is 5.10. The van der Waals surface area contributed by atoms with Crippen LogP contribution in [-0.2, 0) is 11.2 Å². The average Bonchev–Trinajstić information content (AvgIpc) is 3.06. The maximum absolute atomic E-state index is 12.5. The lowest BCUT2D eigenvalue weighted by atomic mass is 9.95. The maximum Gasteiger partial charge on any atom is 0.227 e. The standard InChI is InChI=1S/C18H19N3O2/c1-11-4-3-5-15-13(8-19-18(11)15)7-17(22)21-9-14(10-21)16-6-12(2)23-20-16/h3-6,8,14,19H,7,9-10H2,1-2H3. The molecule has 0 saturated carbocycles. The summed E-state index contributed by atoms with van der Waals surface area (Å²) in [6.45, 7) is 5.42. The van der Waals surface area contributed by atoms with Gasteiger partial charge in [0.05, 0.1) is 12.1 Å². The highest BCUT2D eigenvalue weighted by molar-refractivity contribution is 5.90. The minimum absolute atomic E-state index is 0.170. The number of aryl methyl sites for hydroxylation is 2. The highest BCUT2D eigenvalue weighted by Gasteiger charge is 2.33. The van der Waals surface area contributed by atoms with Crippen LogP contribution in [-0.4, -0.2) is 34.0 Å². The van der Waals surface area contributed by atoms with Crippen LogP contribution in [0.2, 0.25) is 0 Å². The highest BCUT2D eigenvalue weighted by atomic mass is 16.5.